The van der Waals surface area contributed by atoms with E-state index in [1.165, 1.54) is 28.8 Å². The van der Waals surface area contributed by atoms with Crippen LogP contribution in [-0.2, 0) is 6.42 Å². The quantitative estimate of drug-likeness (QED) is 0.225. The van der Waals surface area contributed by atoms with Crippen LogP contribution < -0.4 is 4.90 Å². The predicted molar refractivity (Wildman–Crippen MR) is 147 cm³/mol. The van der Waals surface area contributed by atoms with Crippen molar-refractivity contribution in [2.24, 2.45) is 0 Å². The van der Waals surface area contributed by atoms with Gasteiger partial charge in [0, 0.05) is 29.9 Å². The lowest BCUT2D eigenvalue weighted by Crippen LogP contribution is -2.33. The second kappa shape index (κ2) is 9.46. The number of fused-ring (bicyclic) bond motifs is 1. The molecule has 1 unspecified atom stereocenters. The van der Waals surface area contributed by atoms with E-state index in [1.54, 1.807) is 0 Å². The number of Topliss-reactive ketones (excluding diaryl/α,β-unsaturated/α-hetero) is 1. The molecule has 2 heteroatoms. The van der Waals surface area contributed by atoms with Crippen LogP contribution in [0.15, 0.2) is 55.1 Å². The van der Waals surface area contributed by atoms with Crippen molar-refractivity contribution < 1.29 is 4.79 Å². The summed E-state index contributed by atoms with van der Waals surface area (Å²) in [7, 11) is 2.18. The minimum Gasteiger partial charge on any atom is -0.372 e. The van der Waals surface area contributed by atoms with E-state index in [0.29, 0.717) is 17.2 Å². The van der Waals surface area contributed by atoms with Crippen molar-refractivity contribution in [3.63, 3.8) is 0 Å². The van der Waals surface area contributed by atoms with Crippen LogP contribution in [0.4, 0.5) is 5.69 Å². The van der Waals surface area contributed by atoms with Gasteiger partial charge in [-0.3, -0.25) is 4.79 Å². The lowest BCUT2D eigenvalue weighted by molar-refractivity contribution is 0.105. The third-order valence-electron chi connectivity index (χ3n) is 7.20. The standard InChI is InChI=1S/C32H35NO/c1-20-16-22(3)31(23(4)17-20)25(6)32(34)29-19-27(10-8-21(29)2)12-11-26-13-15-30-28(18-26)14-9-24(5)33(30)7/h8,10-13,15-19,24H,6,9,14H2,1-5,7H3/b12-11+. The van der Waals surface area contributed by atoms with Gasteiger partial charge in [0.15, 0.2) is 5.78 Å². The second-order valence-corrected chi connectivity index (χ2v) is 9.88. The number of rotatable bonds is 5. The van der Waals surface area contributed by atoms with Gasteiger partial charge in [-0.05, 0) is 105 Å². The molecule has 4 rings (SSSR count). The molecule has 3 aromatic rings. The Morgan fingerprint density at radius 2 is 1.53 bits per heavy atom. The maximum absolute atomic E-state index is 13.5. The Hall–Kier alpha value is -3.39. The molecule has 2 nitrogen and oxygen atoms in total. The van der Waals surface area contributed by atoms with Crippen molar-refractivity contribution in [2.45, 2.75) is 53.5 Å². The maximum Gasteiger partial charge on any atom is 0.193 e. The van der Waals surface area contributed by atoms with Crippen LogP contribution in [0.25, 0.3) is 17.7 Å². The Balaban J connectivity index is 1.60. The van der Waals surface area contributed by atoms with Crippen LogP contribution in [0.1, 0.15) is 68.2 Å². The van der Waals surface area contributed by atoms with E-state index in [0.717, 1.165) is 34.2 Å². The number of nitrogens with zero attached hydrogens (tertiary/aromatic N) is 1. The molecule has 1 heterocycles. The molecule has 0 aromatic heterocycles. The van der Waals surface area contributed by atoms with Gasteiger partial charge in [0.1, 0.15) is 0 Å². The number of benzene rings is 3. The molecule has 174 valence electrons. The Kier molecular flexibility index (Phi) is 6.61. The third kappa shape index (κ3) is 4.63. The summed E-state index contributed by atoms with van der Waals surface area (Å²) in [4.78, 5) is 15.8. The van der Waals surface area contributed by atoms with Crippen LogP contribution >= 0.6 is 0 Å². The van der Waals surface area contributed by atoms with Gasteiger partial charge in [0.25, 0.3) is 0 Å². The molecule has 0 N–H and O–H groups in total. The summed E-state index contributed by atoms with van der Waals surface area (Å²) in [6.07, 6.45) is 6.54. The average Bonchev–Trinajstić information content (AvgIpc) is 2.79. The normalized spacial score (nSPS) is 15.5. The topological polar surface area (TPSA) is 20.3 Å². The van der Waals surface area contributed by atoms with Crippen LogP contribution in [0.3, 0.4) is 0 Å². The molecule has 1 atom stereocenters. The van der Waals surface area contributed by atoms with Crippen LogP contribution in [0.2, 0.25) is 0 Å². The van der Waals surface area contributed by atoms with Gasteiger partial charge in [-0.1, -0.05) is 54.6 Å². The highest BCUT2D eigenvalue weighted by Crippen LogP contribution is 2.31. The fraction of sp³-hybridized carbons (Fsp3) is 0.281. The van der Waals surface area contributed by atoms with Crippen LogP contribution in [0, 0.1) is 27.7 Å². The minimum atomic E-state index is -0.00580. The first kappa shape index (κ1) is 23.8. The van der Waals surface area contributed by atoms with E-state index >= 15 is 0 Å². The summed E-state index contributed by atoms with van der Waals surface area (Å²) in [5.74, 6) is -0.00580. The molecule has 0 fully saturated rings. The highest BCUT2D eigenvalue weighted by atomic mass is 16.1. The number of carbonyl (C=O) groups excluding carboxylic acids is 1. The van der Waals surface area contributed by atoms with Crippen molar-refractivity contribution in [1.29, 1.82) is 0 Å². The number of hydrogen-bond acceptors (Lipinski definition) is 2. The summed E-state index contributed by atoms with van der Waals surface area (Å²) in [6.45, 7) is 14.7. The summed E-state index contributed by atoms with van der Waals surface area (Å²) in [5.41, 5.74) is 11.5. The number of ketones is 1. The molecular weight excluding hydrogens is 414 g/mol. The van der Waals surface area contributed by atoms with E-state index in [4.69, 9.17) is 0 Å². The van der Waals surface area contributed by atoms with E-state index in [2.05, 4.69) is 94.8 Å². The molecule has 0 saturated carbocycles. The van der Waals surface area contributed by atoms with E-state index in [-0.39, 0.29) is 5.78 Å². The highest BCUT2D eigenvalue weighted by molar-refractivity contribution is 6.29. The number of anilines is 1. The van der Waals surface area contributed by atoms with Crippen LogP contribution in [-0.4, -0.2) is 18.9 Å². The fourth-order valence-corrected chi connectivity index (χ4v) is 5.16. The zero-order valence-corrected chi connectivity index (χ0v) is 21.3. The first-order chi connectivity index (χ1) is 16.2. The first-order valence-corrected chi connectivity index (χ1v) is 12.1. The van der Waals surface area contributed by atoms with Gasteiger partial charge in [-0.2, -0.15) is 0 Å². The Morgan fingerprint density at radius 1 is 0.912 bits per heavy atom. The largest absolute Gasteiger partial charge is 0.372 e. The molecule has 1 aliphatic heterocycles. The van der Waals surface area contributed by atoms with E-state index < -0.39 is 0 Å². The Labute approximate surface area is 204 Å². The van der Waals surface area contributed by atoms with Gasteiger partial charge < -0.3 is 4.90 Å². The first-order valence-electron chi connectivity index (χ1n) is 12.1. The molecule has 1 aliphatic rings. The smallest absolute Gasteiger partial charge is 0.193 e. The Morgan fingerprint density at radius 3 is 2.21 bits per heavy atom. The molecule has 0 radical (unpaired) electrons. The summed E-state index contributed by atoms with van der Waals surface area (Å²) >= 11 is 0. The number of carbonyl (C=O) groups is 1. The van der Waals surface area contributed by atoms with Gasteiger partial charge in [0.2, 0.25) is 0 Å². The second-order valence-electron chi connectivity index (χ2n) is 9.88. The fourth-order valence-electron chi connectivity index (χ4n) is 5.16. The Bertz CT molecular complexity index is 1290. The molecule has 0 bridgehead atoms. The molecule has 0 amide bonds. The molecular formula is C32H35NO. The number of hydrogen-bond donors (Lipinski definition) is 0. The van der Waals surface area contributed by atoms with Crippen molar-refractivity contribution in [1.82, 2.24) is 0 Å². The minimum absolute atomic E-state index is 0.00580. The lowest BCUT2D eigenvalue weighted by atomic mass is 9.88. The van der Waals surface area contributed by atoms with Crippen molar-refractivity contribution in [3.05, 3.63) is 105 Å². The van der Waals surface area contributed by atoms with E-state index in [9.17, 15) is 4.79 Å². The van der Waals surface area contributed by atoms with E-state index in [1.807, 2.05) is 19.1 Å². The highest BCUT2D eigenvalue weighted by Gasteiger charge is 2.20. The average molecular weight is 450 g/mol. The maximum atomic E-state index is 13.5. The number of aryl methyl sites for hydroxylation is 5. The van der Waals surface area contributed by atoms with Crippen molar-refractivity contribution >= 4 is 29.2 Å². The van der Waals surface area contributed by atoms with Crippen molar-refractivity contribution in [3.8, 4) is 0 Å². The van der Waals surface area contributed by atoms with Crippen LogP contribution in [0.5, 0.6) is 0 Å². The summed E-state index contributed by atoms with van der Waals surface area (Å²) < 4.78 is 0. The predicted octanol–water partition coefficient (Wildman–Crippen LogP) is 7.76. The number of allylic oxidation sites excluding steroid dienone is 1. The van der Waals surface area contributed by atoms with Gasteiger partial charge in [-0.15, -0.1) is 0 Å². The van der Waals surface area contributed by atoms with Gasteiger partial charge in [-0.25, -0.2) is 0 Å². The zero-order valence-electron chi connectivity index (χ0n) is 21.3. The van der Waals surface area contributed by atoms with Gasteiger partial charge in [0.05, 0.1) is 0 Å². The lowest BCUT2D eigenvalue weighted by Gasteiger charge is -2.34. The molecule has 0 aliphatic carbocycles. The molecule has 0 spiro atoms. The summed E-state index contributed by atoms with van der Waals surface area (Å²) in [5, 5.41) is 0. The van der Waals surface area contributed by atoms with Crippen molar-refractivity contribution in [2.75, 3.05) is 11.9 Å². The SMILES string of the molecule is C=C(C(=O)c1cc(/C=C/c2ccc3c(c2)CCC(C)N3C)ccc1C)c1c(C)cc(C)cc1C. The van der Waals surface area contributed by atoms with Gasteiger partial charge >= 0.3 is 0 Å². The zero-order chi connectivity index (χ0) is 24.6. The molecule has 3 aromatic carbocycles. The molecule has 34 heavy (non-hydrogen) atoms. The monoisotopic (exact) mass is 449 g/mol. The molecule has 0 saturated heterocycles. The summed E-state index contributed by atoms with van der Waals surface area (Å²) in [6, 6.07) is 17.6. The third-order valence-corrected chi connectivity index (χ3v) is 7.20.